The normalized spacial score (nSPS) is 14.3. The molecule has 1 aliphatic rings. The summed E-state index contributed by atoms with van der Waals surface area (Å²) in [6, 6.07) is 12.4. The minimum atomic E-state index is -1.04. The van der Waals surface area contributed by atoms with Crippen LogP contribution in [0.4, 0.5) is 5.82 Å². The molecule has 0 spiro atoms. The van der Waals surface area contributed by atoms with E-state index in [9.17, 15) is 9.59 Å². The zero-order valence-corrected chi connectivity index (χ0v) is 16.7. The first kappa shape index (κ1) is 17.5. The topological polar surface area (TPSA) is 75.3 Å². The van der Waals surface area contributed by atoms with Gasteiger partial charge in [0.1, 0.15) is 5.75 Å². The molecule has 27 heavy (non-hydrogen) atoms. The Morgan fingerprint density at radius 2 is 1.67 bits per heavy atom. The van der Waals surface area contributed by atoms with Gasteiger partial charge in [0.2, 0.25) is 0 Å². The highest BCUT2D eigenvalue weighted by Gasteiger charge is 2.38. The Labute approximate surface area is 158 Å². The van der Waals surface area contributed by atoms with Crippen molar-refractivity contribution in [2.24, 2.45) is 0 Å². The number of hydrogen-bond donors (Lipinski definition) is 1. The number of nitrogens with one attached hydrogen (secondary N) is 1. The Kier molecular flexibility index (Phi) is 3.92. The summed E-state index contributed by atoms with van der Waals surface area (Å²) < 4.78 is 6.12. The first-order valence-corrected chi connectivity index (χ1v) is 10.7. The molecule has 137 valence electrons. The van der Waals surface area contributed by atoms with Crippen molar-refractivity contribution < 1.29 is 14.0 Å². The van der Waals surface area contributed by atoms with Gasteiger partial charge >= 0.3 is 0 Å². The van der Waals surface area contributed by atoms with Gasteiger partial charge in [0, 0.05) is 11.5 Å². The van der Waals surface area contributed by atoms with Crippen LogP contribution in [0.5, 0.6) is 5.75 Å². The number of benzene rings is 2. The number of aromatic amines is 1. The molecule has 0 saturated carbocycles. The van der Waals surface area contributed by atoms with Gasteiger partial charge in [0.15, 0.2) is 5.82 Å². The van der Waals surface area contributed by atoms with Crippen LogP contribution in [-0.2, 0) is 0 Å². The average Bonchev–Trinajstić information content (AvgIpc) is 3.13. The molecule has 0 saturated heterocycles. The van der Waals surface area contributed by atoms with Crippen LogP contribution in [0, 0.1) is 0 Å². The molecule has 3 aromatic rings. The summed E-state index contributed by atoms with van der Waals surface area (Å²) in [5.41, 5.74) is 1.53. The van der Waals surface area contributed by atoms with Crippen LogP contribution in [0.15, 0.2) is 42.5 Å². The second-order valence-electron chi connectivity index (χ2n) is 7.65. The molecule has 0 unspecified atom stereocenters. The van der Waals surface area contributed by atoms with Crippen LogP contribution < -0.4 is 9.33 Å². The van der Waals surface area contributed by atoms with Gasteiger partial charge in [-0.25, -0.2) is 4.90 Å². The molecular weight excluding hydrogens is 358 g/mol. The maximum absolute atomic E-state index is 12.7. The van der Waals surface area contributed by atoms with Crippen LogP contribution in [0.25, 0.3) is 10.9 Å². The van der Waals surface area contributed by atoms with E-state index in [-0.39, 0.29) is 16.9 Å². The van der Waals surface area contributed by atoms with Gasteiger partial charge in [-0.15, -0.1) is 0 Å². The van der Waals surface area contributed by atoms with Crippen LogP contribution in [0.2, 0.25) is 11.6 Å². The lowest BCUT2D eigenvalue weighted by atomic mass is 10.1. The number of carbonyl (C=O) groups excluding carboxylic acids is 2. The summed E-state index contributed by atoms with van der Waals surface area (Å²) in [4.78, 5) is 26.5. The zero-order valence-electron chi connectivity index (χ0n) is 15.7. The number of H-pyrrole nitrogens is 1. The van der Waals surface area contributed by atoms with Crippen molar-refractivity contribution >= 4 is 37.6 Å². The van der Waals surface area contributed by atoms with Gasteiger partial charge in [-0.3, -0.25) is 14.7 Å². The maximum atomic E-state index is 12.7. The summed E-state index contributed by atoms with van der Waals surface area (Å²) in [6.07, 6.45) is 0. The fraction of sp³-hybridized carbons (Fsp3) is 0.250. The summed E-state index contributed by atoms with van der Waals surface area (Å²) in [7, 11) is -1.04. The third-order valence-electron chi connectivity index (χ3n) is 4.85. The molecule has 0 bridgehead atoms. The predicted molar refractivity (Wildman–Crippen MR) is 106 cm³/mol. The number of amides is 2. The fourth-order valence-electron chi connectivity index (χ4n) is 2.93. The first-order chi connectivity index (χ1) is 12.8. The summed E-state index contributed by atoms with van der Waals surface area (Å²) in [6.45, 7) is 8.62. The van der Waals surface area contributed by atoms with Gasteiger partial charge in [0.05, 0.1) is 16.6 Å². The third-order valence-corrected chi connectivity index (χ3v) is 7.50. The van der Waals surface area contributed by atoms with Crippen molar-refractivity contribution in [2.75, 3.05) is 4.90 Å². The molecule has 1 aliphatic heterocycles. The van der Waals surface area contributed by atoms with Crippen LogP contribution in [0.1, 0.15) is 41.5 Å². The van der Waals surface area contributed by atoms with E-state index in [4.69, 9.17) is 4.43 Å². The van der Waals surface area contributed by atoms with E-state index in [2.05, 4.69) is 37.5 Å². The largest absolute Gasteiger partial charge is 0.542 e. The van der Waals surface area contributed by atoms with Gasteiger partial charge in [-0.05, 0) is 35.9 Å². The van der Waals surface area contributed by atoms with Gasteiger partial charge in [-0.2, -0.15) is 5.10 Å². The SMILES string of the molecule is C[Si](Oc1ccc2c(N3C(=O)c4ccccc4C3=O)n[nH]c2c1)C(C)(C)C. The van der Waals surface area contributed by atoms with Gasteiger partial charge in [-0.1, -0.05) is 32.9 Å². The third kappa shape index (κ3) is 2.84. The van der Waals surface area contributed by atoms with Crippen LogP contribution in [-0.4, -0.2) is 31.1 Å². The molecule has 2 heterocycles. The summed E-state index contributed by atoms with van der Waals surface area (Å²) >= 11 is 0. The number of carbonyl (C=O) groups is 2. The van der Waals surface area contributed by atoms with Crippen molar-refractivity contribution in [1.29, 1.82) is 0 Å². The summed E-state index contributed by atoms with van der Waals surface area (Å²) in [5.74, 6) is 0.374. The number of nitrogens with zero attached hydrogens (tertiary/aromatic N) is 2. The molecule has 6 nitrogen and oxygen atoms in total. The first-order valence-electron chi connectivity index (χ1n) is 8.75. The highest BCUT2D eigenvalue weighted by Crippen LogP contribution is 2.34. The van der Waals surface area contributed by atoms with Gasteiger partial charge in [0.25, 0.3) is 20.9 Å². The Morgan fingerprint density at radius 1 is 1.04 bits per heavy atom. The number of rotatable bonds is 3. The molecule has 1 radical (unpaired) electrons. The molecular formula is C20H20N3O3Si. The molecule has 1 N–H and O–H groups in total. The molecule has 7 heteroatoms. The molecule has 0 atom stereocenters. The lowest BCUT2D eigenvalue weighted by molar-refractivity contribution is 0.0925. The van der Waals surface area contributed by atoms with E-state index >= 15 is 0 Å². The number of hydrogen-bond acceptors (Lipinski definition) is 4. The van der Waals surface area contributed by atoms with Crippen LogP contribution in [0.3, 0.4) is 0 Å². The number of aromatic nitrogens is 2. The van der Waals surface area contributed by atoms with Crippen molar-refractivity contribution in [2.45, 2.75) is 32.4 Å². The Balaban J connectivity index is 1.69. The maximum Gasteiger partial charge on any atom is 0.283 e. The highest BCUT2D eigenvalue weighted by molar-refractivity contribution is 6.54. The summed E-state index contributed by atoms with van der Waals surface area (Å²) in [5, 5.41) is 7.98. The molecule has 0 fully saturated rings. The molecule has 2 aromatic carbocycles. The number of imide groups is 1. The van der Waals surface area contributed by atoms with E-state index < -0.39 is 9.04 Å². The zero-order chi connectivity index (χ0) is 19.3. The smallest absolute Gasteiger partial charge is 0.283 e. The molecule has 1 aromatic heterocycles. The van der Waals surface area contributed by atoms with Crippen molar-refractivity contribution in [1.82, 2.24) is 10.2 Å². The molecule has 2 amide bonds. The lowest BCUT2D eigenvalue weighted by Gasteiger charge is -2.25. The minimum absolute atomic E-state index is 0.110. The Bertz CT molecular complexity index is 1030. The average molecular weight is 378 g/mol. The monoisotopic (exact) mass is 378 g/mol. The van der Waals surface area contributed by atoms with Crippen molar-refractivity contribution in [3.8, 4) is 5.75 Å². The van der Waals surface area contributed by atoms with E-state index in [0.717, 1.165) is 16.2 Å². The molecule has 0 aliphatic carbocycles. The quantitative estimate of drug-likeness (QED) is 0.548. The predicted octanol–water partition coefficient (Wildman–Crippen LogP) is 4.16. The Hall–Kier alpha value is -2.93. The van der Waals surface area contributed by atoms with E-state index in [1.807, 2.05) is 18.2 Å². The second kappa shape index (κ2) is 6.06. The standard InChI is InChI=1S/C20H20N3O3Si/c1-20(2,3)27(4)26-12-9-10-15-16(11-12)21-22-17(15)23-18(24)13-7-5-6-8-14(13)19(23)25/h5-11H,1-4H3,(H,21,22). The number of anilines is 1. The minimum Gasteiger partial charge on any atom is -0.542 e. The van der Waals surface area contributed by atoms with E-state index in [1.165, 1.54) is 0 Å². The lowest BCUT2D eigenvalue weighted by Crippen LogP contribution is -2.29. The van der Waals surface area contributed by atoms with Crippen molar-refractivity contribution in [3.05, 3.63) is 53.6 Å². The van der Waals surface area contributed by atoms with E-state index in [1.54, 1.807) is 24.3 Å². The van der Waals surface area contributed by atoms with Crippen LogP contribution >= 0.6 is 0 Å². The van der Waals surface area contributed by atoms with Crippen molar-refractivity contribution in [3.63, 3.8) is 0 Å². The number of fused-ring (bicyclic) bond motifs is 2. The fourth-order valence-corrected chi connectivity index (χ4v) is 3.72. The molecule has 4 rings (SSSR count). The Morgan fingerprint density at radius 3 is 2.26 bits per heavy atom. The highest BCUT2D eigenvalue weighted by atomic mass is 28.3. The van der Waals surface area contributed by atoms with E-state index in [0.29, 0.717) is 22.3 Å². The van der Waals surface area contributed by atoms with Gasteiger partial charge < -0.3 is 4.43 Å². The second-order valence-corrected chi connectivity index (χ2v) is 10.5.